The van der Waals surface area contributed by atoms with Crippen LogP contribution < -0.4 is 4.74 Å². The summed E-state index contributed by atoms with van der Waals surface area (Å²) in [5, 5.41) is 0. The SMILES string of the molecule is C=CC1=CCC(Oc2c(F)c(Cc3ccc(C=C)cc3)c(F)c(Cc3ccc(CC)cc3)c2C(F)(F)F)C=C1. The molecule has 1 unspecified atom stereocenters. The first-order chi connectivity index (χ1) is 18.6. The summed E-state index contributed by atoms with van der Waals surface area (Å²) in [5.41, 5.74) is 1.08. The molecule has 3 aromatic carbocycles. The summed E-state index contributed by atoms with van der Waals surface area (Å²) in [6.45, 7) is 9.32. The van der Waals surface area contributed by atoms with Crippen molar-refractivity contribution in [1.29, 1.82) is 0 Å². The zero-order chi connectivity index (χ0) is 28.2. The molecule has 0 aliphatic heterocycles. The number of aryl methyl sites for hydroxylation is 1. The minimum absolute atomic E-state index is 0.220. The number of hydrogen-bond donors (Lipinski definition) is 0. The Morgan fingerprint density at radius 2 is 1.44 bits per heavy atom. The van der Waals surface area contributed by atoms with Gasteiger partial charge < -0.3 is 4.74 Å². The molecule has 0 heterocycles. The van der Waals surface area contributed by atoms with Gasteiger partial charge in [-0.25, -0.2) is 8.78 Å². The van der Waals surface area contributed by atoms with Crippen molar-refractivity contribution in [3.8, 4) is 5.75 Å². The van der Waals surface area contributed by atoms with Gasteiger partial charge in [0.2, 0.25) is 0 Å². The van der Waals surface area contributed by atoms with Gasteiger partial charge in [0.05, 0.1) is 0 Å². The van der Waals surface area contributed by atoms with E-state index in [9.17, 15) is 13.2 Å². The van der Waals surface area contributed by atoms with Crippen molar-refractivity contribution in [1.82, 2.24) is 0 Å². The largest absolute Gasteiger partial charge is 0.482 e. The average Bonchev–Trinajstić information content (AvgIpc) is 2.94. The minimum Gasteiger partial charge on any atom is -0.482 e. The Morgan fingerprint density at radius 1 is 0.846 bits per heavy atom. The normalized spacial score (nSPS) is 15.1. The predicted octanol–water partition coefficient (Wildman–Crippen LogP) is 9.19. The van der Waals surface area contributed by atoms with Gasteiger partial charge in [0, 0.05) is 30.4 Å². The van der Waals surface area contributed by atoms with Crippen LogP contribution in [0.15, 0.2) is 91.6 Å². The van der Waals surface area contributed by atoms with Crippen LogP contribution in [0.1, 0.15) is 52.3 Å². The summed E-state index contributed by atoms with van der Waals surface area (Å²) >= 11 is 0. The van der Waals surface area contributed by atoms with Gasteiger partial charge in [-0.05, 0) is 40.3 Å². The first-order valence-corrected chi connectivity index (χ1v) is 12.7. The van der Waals surface area contributed by atoms with Crippen LogP contribution in [0.2, 0.25) is 0 Å². The van der Waals surface area contributed by atoms with Gasteiger partial charge >= 0.3 is 6.18 Å². The number of rotatable bonds is 9. The molecule has 0 N–H and O–H groups in total. The van der Waals surface area contributed by atoms with Gasteiger partial charge in [-0.1, -0.05) is 92.9 Å². The van der Waals surface area contributed by atoms with Crippen molar-refractivity contribution in [3.63, 3.8) is 0 Å². The van der Waals surface area contributed by atoms with Crippen LogP contribution in [0.3, 0.4) is 0 Å². The zero-order valence-corrected chi connectivity index (χ0v) is 21.6. The standard InChI is InChI=1S/C33H29F5O/c1-4-21-7-11-24(12-8-21)19-27-29(33(36,37)38)32(39-26-17-15-23(6-3)16-18-26)31(35)28(30(27)34)20-25-13-9-22(5-2)10-14-25/h5-17,26H,2-4,18-20H2,1H3. The van der Waals surface area contributed by atoms with Crippen LogP contribution in [0.25, 0.3) is 6.08 Å². The van der Waals surface area contributed by atoms with Crippen molar-refractivity contribution in [3.05, 3.63) is 142 Å². The van der Waals surface area contributed by atoms with Crippen molar-refractivity contribution in [2.45, 2.75) is 44.9 Å². The van der Waals surface area contributed by atoms with E-state index >= 15 is 8.78 Å². The summed E-state index contributed by atoms with van der Waals surface area (Å²) in [5.74, 6) is -3.54. The molecule has 4 rings (SSSR count). The van der Waals surface area contributed by atoms with E-state index < -0.39 is 46.4 Å². The molecule has 1 aliphatic carbocycles. The first kappa shape index (κ1) is 28.1. The van der Waals surface area contributed by atoms with Gasteiger partial charge in [-0.3, -0.25) is 0 Å². The molecule has 0 amide bonds. The van der Waals surface area contributed by atoms with E-state index in [-0.39, 0.29) is 19.3 Å². The topological polar surface area (TPSA) is 9.23 Å². The molecule has 39 heavy (non-hydrogen) atoms. The summed E-state index contributed by atoms with van der Waals surface area (Å²) in [6.07, 6.45) is 2.62. The molecule has 0 bridgehead atoms. The molecule has 6 heteroatoms. The Bertz CT molecular complexity index is 1410. The molecule has 0 saturated heterocycles. The Labute approximate surface area is 225 Å². The first-order valence-electron chi connectivity index (χ1n) is 12.7. The molecule has 1 aliphatic rings. The van der Waals surface area contributed by atoms with Crippen LogP contribution in [0.5, 0.6) is 5.75 Å². The van der Waals surface area contributed by atoms with Crippen molar-refractivity contribution >= 4 is 6.08 Å². The number of halogens is 5. The van der Waals surface area contributed by atoms with Gasteiger partial charge in [-0.2, -0.15) is 13.2 Å². The number of ether oxygens (including phenoxy) is 1. The van der Waals surface area contributed by atoms with Crippen LogP contribution in [-0.2, 0) is 25.4 Å². The molecule has 202 valence electrons. The monoisotopic (exact) mass is 536 g/mol. The average molecular weight is 537 g/mol. The van der Waals surface area contributed by atoms with E-state index in [1.54, 1.807) is 78.9 Å². The summed E-state index contributed by atoms with van der Waals surface area (Å²) in [4.78, 5) is 0. The maximum Gasteiger partial charge on any atom is 0.420 e. The van der Waals surface area contributed by atoms with E-state index in [2.05, 4.69) is 13.2 Å². The number of alkyl halides is 3. The van der Waals surface area contributed by atoms with E-state index in [1.807, 2.05) is 6.92 Å². The number of hydrogen-bond acceptors (Lipinski definition) is 1. The Kier molecular flexibility index (Phi) is 8.54. The predicted molar refractivity (Wildman–Crippen MR) is 146 cm³/mol. The maximum absolute atomic E-state index is 16.0. The van der Waals surface area contributed by atoms with Crippen LogP contribution >= 0.6 is 0 Å². The van der Waals surface area contributed by atoms with E-state index in [0.717, 1.165) is 23.1 Å². The smallest absolute Gasteiger partial charge is 0.420 e. The van der Waals surface area contributed by atoms with Crippen LogP contribution in [0.4, 0.5) is 22.0 Å². The quantitative estimate of drug-likeness (QED) is 0.248. The molecule has 0 aromatic heterocycles. The molecule has 0 spiro atoms. The lowest BCUT2D eigenvalue weighted by molar-refractivity contribution is -0.140. The summed E-state index contributed by atoms with van der Waals surface area (Å²) in [6, 6.07) is 13.7. The second-order valence-corrected chi connectivity index (χ2v) is 9.42. The van der Waals surface area contributed by atoms with Gasteiger partial charge in [0.25, 0.3) is 0 Å². The van der Waals surface area contributed by atoms with E-state index in [0.29, 0.717) is 11.1 Å². The molecule has 0 saturated carbocycles. The van der Waals surface area contributed by atoms with Crippen molar-refractivity contribution < 1.29 is 26.7 Å². The fourth-order valence-corrected chi connectivity index (χ4v) is 4.58. The number of benzene rings is 3. The molecule has 1 atom stereocenters. The van der Waals surface area contributed by atoms with Crippen molar-refractivity contribution in [2.24, 2.45) is 0 Å². The lowest BCUT2D eigenvalue weighted by Gasteiger charge is -2.25. The third kappa shape index (κ3) is 6.39. The Hall–Kier alpha value is -3.93. The highest BCUT2D eigenvalue weighted by Gasteiger charge is 2.42. The van der Waals surface area contributed by atoms with Gasteiger partial charge in [0.15, 0.2) is 11.6 Å². The molecule has 3 aromatic rings. The highest BCUT2D eigenvalue weighted by Crippen LogP contribution is 2.45. The molecule has 1 nitrogen and oxygen atoms in total. The Balaban J connectivity index is 1.87. The molecular weight excluding hydrogens is 507 g/mol. The lowest BCUT2D eigenvalue weighted by Crippen LogP contribution is -2.22. The molecular formula is C33H29F5O. The van der Waals surface area contributed by atoms with Crippen LogP contribution in [0, 0.1) is 11.6 Å². The number of allylic oxidation sites excluding steroid dienone is 3. The van der Waals surface area contributed by atoms with Crippen molar-refractivity contribution in [2.75, 3.05) is 0 Å². The second kappa shape index (κ2) is 11.9. The van der Waals surface area contributed by atoms with E-state index in [1.165, 1.54) is 0 Å². The maximum atomic E-state index is 16.0. The Morgan fingerprint density at radius 3 is 1.95 bits per heavy atom. The van der Waals surface area contributed by atoms with Gasteiger partial charge in [-0.15, -0.1) is 0 Å². The van der Waals surface area contributed by atoms with E-state index in [4.69, 9.17) is 4.74 Å². The fourth-order valence-electron chi connectivity index (χ4n) is 4.58. The summed E-state index contributed by atoms with van der Waals surface area (Å²) < 4.78 is 81.2. The highest BCUT2D eigenvalue weighted by atomic mass is 19.4. The highest BCUT2D eigenvalue weighted by molar-refractivity contribution is 5.52. The third-order valence-corrected chi connectivity index (χ3v) is 6.81. The molecule has 0 fully saturated rings. The minimum atomic E-state index is -5.06. The summed E-state index contributed by atoms with van der Waals surface area (Å²) in [7, 11) is 0. The zero-order valence-electron chi connectivity index (χ0n) is 21.6. The molecule has 0 radical (unpaired) electrons. The fraction of sp³-hybridized carbons (Fsp3) is 0.212. The van der Waals surface area contributed by atoms with Crippen LogP contribution in [-0.4, -0.2) is 6.10 Å². The second-order valence-electron chi connectivity index (χ2n) is 9.42. The van der Waals surface area contributed by atoms with Gasteiger partial charge in [0.1, 0.15) is 17.5 Å². The third-order valence-electron chi connectivity index (χ3n) is 6.81. The lowest BCUT2D eigenvalue weighted by atomic mass is 9.91.